The lowest BCUT2D eigenvalue weighted by atomic mass is 10.3. The second-order valence-corrected chi connectivity index (χ2v) is 4.33. The number of nitrogens with zero attached hydrogens (tertiary/aromatic N) is 2. The largest absolute Gasteiger partial charge is 0.460 e. The Kier molecular flexibility index (Phi) is 3.14. The summed E-state index contributed by atoms with van der Waals surface area (Å²) in [5.74, 6) is -0.714. The number of thiophene rings is 1. The van der Waals surface area contributed by atoms with Gasteiger partial charge in [0.25, 0.3) is 5.82 Å². The van der Waals surface area contributed by atoms with E-state index in [9.17, 15) is 10.0 Å². The molecule has 2 aromatic rings. The molecule has 2 aromatic heterocycles. The molecule has 90 valence electrons. The van der Waals surface area contributed by atoms with Crippen molar-refractivity contribution in [3.05, 3.63) is 29.0 Å². The van der Waals surface area contributed by atoms with E-state index in [1.165, 1.54) is 11.3 Å². The van der Waals surface area contributed by atoms with Gasteiger partial charge in [0.1, 0.15) is 5.69 Å². The van der Waals surface area contributed by atoms with Crippen LogP contribution in [0.4, 0.5) is 0 Å². The molecule has 0 fully saturated rings. The molecule has 1 N–H and O–H groups in total. The van der Waals surface area contributed by atoms with Gasteiger partial charge in [0.2, 0.25) is 0 Å². The summed E-state index contributed by atoms with van der Waals surface area (Å²) in [4.78, 5) is 16.4. The van der Waals surface area contributed by atoms with Crippen molar-refractivity contribution in [2.24, 2.45) is 0 Å². The van der Waals surface area contributed by atoms with Crippen molar-refractivity contribution in [1.82, 2.24) is 9.71 Å². The van der Waals surface area contributed by atoms with Gasteiger partial charge in [0.15, 0.2) is 0 Å². The first-order valence-electron chi connectivity index (χ1n) is 5.14. The zero-order valence-electron chi connectivity index (χ0n) is 9.51. The van der Waals surface area contributed by atoms with E-state index in [1.807, 2.05) is 17.5 Å². The van der Waals surface area contributed by atoms with Gasteiger partial charge in [0.05, 0.1) is 17.2 Å². The van der Waals surface area contributed by atoms with Gasteiger partial charge in [-0.3, -0.25) is 0 Å². The maximum atomic E-state index is 11.5. The highest BCUT2D eigenvalue weighted by molar-refractivity contribution is 7.13. The minimum absolute atomic E-state index is 0.0900. The number of aromatic nitrogens is 2. The molecule has 2 heterocycles. The maximum Gasteiger partial charge on any atom is 0.377 e. The van der Waals surface area contributed by atoms with E-state index in [0.717, 1.165) is 9.61 Å². The number of carbonyl (C=O) groups excluding carboxylic acids is 1. The number of carbonyl (C=O) groups is 1. The van der Waals surface area contributed by atoms with E-state index in [4.69, 9.17) is 4.74 Å². The molecule has 0 aliphatic rings. The molecule has 2 rings (SSSR count). The van der Waals surface area contributed by atoms with Crippen LogP contribution in [-0.4, -0.2) is 27.5 Å². The van der Waals surface area contributed by atoms with Crippen LogP contribution in [0.15, 0.2) is 17.5 Å². The van der Waals surface area contributed by atoms with Crippen molar-refractivity contribution < 1.29 is 14.7 Å². The van der Waals surface area contributed by atoms with Gasteiger partial charge in [-0.05, 0) is 25.3 Å². The molecule has 0 spiro atoms. The minimum Gasteiger partial charge on any atom is -0.460 e. The van der Waals surface area contributed by atoms with Gasteiger partial charge < -0.3 is 9.94 Å². The van der Waals surface area contributed by atoms with Crippen molar-refractivity contribution in [3.63, 3.8) is 0 Å². The number of aryl methyl sites for hydroxylation is 1. The molecule has 0 saturated carbocycles. The Morgan fingerprint density at radius 3 is 3.00 bits per heavy atom. The zero-order valence-corrected chi connectivity index (χ0v) is 10.3. The lowest BCUT2D eigenvalue weighted by Gasteiger charge is -2.02. The topological polar surface area (TPSA) is 64.3 Å². The Morgan fingerprint density at radius 2 is 2.41 bits per heavy atom. The normalized spacial score (nSPS) is 10.5. The number of rotatable bonds is 3. The number of esters is 1. The fourth-order valence-electron chi connectivity index (χ4n) is 1.54. The van der Waals surface area contributed by atoms with Crippen molar-refractivity contribution in [2.45, 2.75) is 13.8 Å². The van der Waals surface area contributed by atoms with Gasteiger partial charge >= 0.3 is 5.97 Å². The highest BCUT2D eigenvalue weighted by Crippen LogP contribution is 2.28. The standard InChI is InChI=1S/C11H12N2O3S/c1-3-16-11(14)10-12-7(2)9(13(10)15)8-5-4-6-17-8/h4-6,15H,3H2,1-2H3. The third kappa shape index (κ3) is 2.03. The molecular formula is C11H12N2O3S. The highest BCUT2D eigenvalue weighted by atomic mass is 32.1. The third-order valence-corrected chi connectivity index (χ3v) is 3.12. The summed E-state index contributed by atoms with van der Waals surface area (Å²) >= 11 is 1.47. The molecule has 0 bridgehead atoms. The van der Waals surface area contributed by atoms with Crippen LogP contribution in [-0.2, 0) is 4.74 Å². The molecule has 0 radical (unpaired) electrons. The van der Waals surface area contributed by atoms with Crippen molar-refractivity contribution in [1.29, 1.82) is 0 Å². The van der Waals surface area contributed by atoms with E-state index in [1.54, 1.807) is 13.8 Å². The van der Waals surface area contributed by atoms with Gasteiger partial charge in [-0.15, -0.1) is 11.3 Å². The average molecular weight is 252 g/mol. The second kappa shape index (κ2) is 4.58. The molecule has 5 nitrogen and oxygen atoms in total. The Bertz CT molecular complexity index is 531. The van der Waals surface area contributed by atoms with Crippen molar-refractivity contribution in [3.8, 4) is 10.6 Å². The second-order valence-electron chi connectivity index (χ2n) is 3.38. The van der Waals surface area contributed by atoms with Crippen LogP contribution in [0, 0.1) is 6.92 Å². The quantitative estimate of drug-likeness (QED) is 0.672. The first-order chi connectivity index (χ1) is 8.15. The summed E-state index contributed by atoms with van der Waals surface area (Å²) in [7, 11) is 0. The number of hydrogen-bond donors (Lipinski definition) is 1. The highest BCUT2D eigenvalue weighted by Gasteiger charge is 2.22. The first-order valence-corrected chi connectivity index (χ1v) is 6.02. The lowest BCUT2D eigenvalue weighted by molar-refractivity contribution is 0.0467. The molecule has 0 aromatic carbocycles. The Hall–Kier alpha value is -1.82. The fraction of sp³-hybridized carbons (Fsp3) is 0.273. The Morgan fingerprint density at radius 1 is 1.65 bits per heavy atom. The predicted molar refractivity (Wildman–Crippen MR) is 63.4 cm³/mol. The molecule has 0 aliphatic carbocycles. The van der Waals surface area contributed by atoms with Crippen molar-refractivity contribution in [2.75, 3.05) is 6.61 Å². The molecule has 6 heteroatoms. The van der Waals surface area contributed by atoms with E-state index in [-0.39, 0.29) is 12.4 Å². The Labute approximate surface area is 102 Å². The summed E-state index contributed by atoms with van der Waals surface area (Å²) in [6.45, 7) is 3.69. The van der Waals surface area contributed by atoms with Gasteiger partial charge in [-0.2, -0.15) is 4.73 Å². The number of hydrogen-bond acceptors (Lipinski definition) is 5. The molecule has 0 atom stereocenters. The first kappa shape index (κ1) is 11.7. The van der Waals surface area contributed by atoms with Crippen LogP contribution >= 0.6 is 11.3 Å². The van der Waals surface area contributed by atoms with E-state index in [0.29, 0.717) is 11.4 Å². The molecule has 0 amide bonds. The summed E-state index contributed by atoms with van der Waals surface area (Å²) in [5.41, 5.74) is 1.13. The number of ether oxygens (including phenoxy) is 1. The molecule has 0 unspecified atom stereocenters. The summed E-state index contributed by atoms with van der Waals surface area (Å²) < 4.78 is 5.61. The summed E-state index contributed by atoms with van der Waals surface area (Å²) in [6.07, 6.45) is 0. The molecule has 17 heavy (non-hydrogen) atoms. The van der Waals surface area contributed by atoms with E-state index in [2.05, 4.69) is 4.98 Å². The maximum absolute atomic E-state index is 11.5. The molecule has 0 aliphatic heterocycles. The van der Waals surface area contributed by atoms with E-state index < -0.39 is 5.97 Å². The molecule has 0 saturated heterocycles. The van der Waals surface area contributed by atoms with E-state index >= 15 is 0 Å². The average Bonchev–Trinajstić information content (AvgIpc) is 2.87. The lowest BCUT2D eigenvalue weighted by Crippen LogP contribution is -2.12. The monoisotopic (exact) mass is 252 g/mol. The van der Waals surface area contributed by atoms with Crippen LogP contribution < -0.4 is 0 Å². The van der Waals surface area contributed by atoms with Gasteiger partial charge in [-0.1, -0.05) is 6.07 Å². The number of imidazole rings is 1. The summed E-state index contributed by atoms with van der Waals surface area (Å²) in [6, 6.07) is 3.73. The van der Waals surface area contributed by atoms with Crippen LogP contribution in [0.1, 0.15) is 23.2 Å². The predicted octanol–water partition coefficient (Wildman–Crippen LogP) is 2.33. The minimum atomic E-state index is -0.624. The zero-order chi connectivity index (χ0) is 12.4. The fourth-order valence-corrected chi connectivity index (χ4v) is 2.35. The summed E-state index contributed by atoms with van der Waals surface area (Å²) in [5, 5.41) is 11.8. The van der Waals surface area contributed by atoms with Gasteiger partial charge in [0, 0.05) is 0 Å². The van der Waals surface area contributed by atoms with Crippen molar-refractivity contribution >= 4 is 17.3 Å². The van der Waals surface area contributed by atoms with Crippen LogP contribution in [0.3, 0.4) is 0 Å². The Balaban J connectivity index is 2.46. The smallest absolute Gasteiger partial charge is 0.377 e. The van der Waals surface area contributed by atoms with Crippen LogP contribution in [0.5, 0.6) is 0 Å². The SMILES string of the molecule is CCOC(=O)c1nc(C)c(-c2cccs2)n1O. The third-order valence-electron chi connectivity index (χ3n) is 2.24. The van der Waals surface area contributed by atoms with Crippen LogP contribution in [0.25, 0.3) is 10.6 Å². The molecular weight excluding hydrogens is 240 g/mol. The van der Waals surface area contributed by atoms with Crippen LogP contribution in [0.2, 0.25) is 0 Å². The van der Waals surface area contributed by atoms with Gasteiger partial charge in [-0.25, -0.2) is 9.78 Å².